The van der Waals surface area contributed by atoms with Crippen LogP contribution in [0.3, 0.4) is 0 Å². The van der Waals surface area contributed by atoms with Crippen LogP contribution in [0, 0.1) is 27.2 Å². The normalized spacial score (nSPS) is 10.4. The first-order valence-electron chi connectivity index (χ1n) is 9.75. The van der Waals surface area contributed by atoms with E-state index in [0.717, 1.165) is 22.9 Å². The van der Waals surface area contributed by atoms with Gasteiger partial charge >= 0.3 is 5.97 Å². The van der Waals surface area contributed by atoms with Gasteiger partial charge in [-0.25, -0.2) is 4.79 Å². The van der Waals surface area contributed by atoms with Gasteiger partial charge in [-0.05, 0) is 25.5 Å². The fourth-order valence-corrected chi connectivity index (χ4v) is 3.01. The highest BCUT2D eigenvalue weighted by Gasteiger charge is 2.24. The molecular weight excluding hydrogens is 450 g/mol. The second kappa shape index (κ2) is 9.68. The number of hydrogen-bond acceptors (Lipinski definition) is 9. The van der Waals surface area contributed by atoms with Gasteiger partial charge in [0.25, 0.3) is 22.8 Å². The van der Waals surface area contributed by atoms with E-state index >= 15 is 0 Å². The lowest BCUT2D eigenvalue weighted by molar-refractivity contribution is -0.394. The van der Waals surface area contributed by atoms with Crippen LogP contribution < -0.4 is 10.9 Å². The number of aromatic nitrogens is 2. The largest absolute Gasteiger partial charge is 0.461 e. The number of ether oxygens (including phenoxy) is 1. The zero-order chi connectivity index (χ0) is 25.0. The number of benzene rings is 2. The average molecular weight is 467 g/mol. The number of anilines is 1. The second-order valence-corrected chi connectivity index (χ2v) is 6.87. The Labute approximate surface area is 190 Å². The van der Waals surface area contributed by atoms with Crippen molar-refractivity contribution in [2.75, 3.05) is 11.9 Å². The topological polar surface area (TPSA) is 177 Å². The third-order valence-corrected chi connectivity index (χ3v) is 4.58. The van der Waals surface area contributed by atoms with Gasteiger partial charge in [0.2, 0.25) is 0 Å². The molecule has 1 amide bonds. The summed E-state index contributed by atoms with van der Waals surface area (Å²) in [7, 11) is 0. The van der Waals surface area contributed by atoms with E-state index < -0.39 is 49.9 Å². The molecule has 34 heavy (non-hydrogen) atoms. The van der Waals surface area contributed by atoms with E-state index in [0.29, 0.717) is 17.3 Å². The molecule has 0 unspecified atom stereocenters. The maximum absolute atomic E-state index is 12.8. The standard InChI is InChI=1S/C21H17N5O8/c1-3-34-21(29)19-16(11-18(27)24(23-19)17-7-5-4-6-12(17)2)22-20(28)13-8-14(25(30)31)10-15(9-13)26(32)33/h4-11H,3H2,1-2H3,(H,22,28). The molecule has 2 aromatic carbocycles. The molecule has 0 saturated carbocycles. The van der Waals surface area contributed by atoms with Gasteiger partial charge in [-0.15, -0.1) is 0 Å². The number of nitrogens with one attached hydrogen (secondary N) is 1. The molecule has 3 aromatic rings. The maximum Gasteiger partial charge on any atom is 0.360 e. The van der Waals surface area contributed by atoms with Crippen LogP contribution in [0.4, 0.5) is 17.1 Å². The lowest BCUT2D eigenvalue weighted by atomic mass is 10.1. The maximum atomic E-state index is 12.8. The molecule has 0 fully saturated rings. The summed E-state index contributed by atoms with van der Waals surface area (Å²) in [6.07, 6.45) is 0. The Balaban J connectivity index is 2.10. The van der Waals surface area contributed by atoms with Crippen molar-refractivity contribution in [1.29, 1.82) is 0 Å². The van der Waals surface area contributed by atoms with Crippen molar-refractivity contribution in [3.8, 4) is 5.69 Å². The van der Waals surface area contributed by atoms with Gasteiger partial charge in [0.05, 0.1) is 39.5 Å². The predicted molar refractivity (Wildman–Crippen MR) is 118 cm³/mol. The Morgan fingerprint density at radius 2 is 1.68 bits per heavy atom. The molecule has 0 aliphatic heterocycles. The van der Waals surface area contributed by atoms with Crippen molar-refractivity contribution in [2.45, 2.75) is 13.8 Å². The molecule has 0 aliphatic rings. The Morgan fingerprint density at radius 3 is 2.24 bits per heavy atom. The molecule has 1 N–H and O–H groups in total. The van der Waals surface area contributed by atoms with Crippen molar-refractivity contribution in [1.82, 2.24) is 9.78 Å². The molecule has 0 radical (unpaired) electrons. The summed E-state index contributed by atoms with van der Waals surface area (Å²) >= 11 is 0. The highest BCUT2D eigenvalue weighted by Crippen LogP contribution is 2.24. The minimum Gasteiger partial charge on any atom is -0.461 e. The predicted octanol–water partition coefficient (Wildman–Crippen LogP) is 2.79. The van der Waals surface area contributed by atoms with Crippen LogP contribution >= 0.6 is 0 Å². The van der Waals surface area contributed by atoms with E-state index in [1.807, 2.05) is 0 Å². The molecule has 0 saturated heterocycles. The lowest BCUT2D eigenvalue weighted by Gasteiger charge is -2.13. The van der Waals surface area contributed by atoms with Crippen LogP contribution in [0.2, 0.25) is 0 Å². The average Bonchev–Trinajstić information content (AvgIpc) is 2.79. The molecule has 13 heteroatoms. The first kappa shape index (κ1) is 23.7. The molecule has 13 nitrogen and oxygen atoms in total. The van der Waals surface area contributed by atoms with Crippen molar-refractivity contribution in [2.24, 2.45) is 0 Å². The number of non-ortho nitro benzene ring substituents is 2. The summed E-state index contributed by atoms with van der Waals surface area (Å²) in [5, 5.41) is 28.5. The first-order valence-corrected chi connectivity index (χ1v) is 9.75. The van der Waals surface area contributed by atoms with Crippen LogP contribution in [-0.4, -0.2) is 38.1 Å². The molecule has 0 aliphatic carbocycles. The molecule has 1 heterocycles. The van der Waals surface area contributed by atoms with E-state index in [-0.39, 0.29) is 12.3 Å². The van der Waals surface area contributed by atoms with E-state index in [1.165, 1.54) is 0 Å². The highest BCUT2D eigenvalue weighted by atomic mass is 16.6. The number of amides is 1. The molecule has 0 spiro atoms. The molecular formula is C21H17N5O8. The van der Waals surface area contributed by atoms with Crippen molar-refractivity contribution >= 4 is 28.9 Å². The van der Waals surface area contributed by atoms with Crippen LogP contribution in [0.25, 0.3) is 5.69 Å². The van der Waals surface area contributed by atoms with Crippen LogP contribution in [0.1, 0.15) is 33.3 Å². The van der Waals surface area contributed by atoms with Gasteiger partial charge in [0, 0.05) is 18.2 Å². The fraction of sp³-hybridized carbons (Fsp3) is 0.143. The molecule has 1 aromatic heterocycles. The van der Waals surface area contributed by atoms with Crippen LogP contribution in [0.15, 0.2) is 53.3 Å². The van der Waals surface area contributed by atoms with E-state index in [4.69, 9.17) is 4.74 Å². The van der Waals surface area contributed by atoms with Crippen molar-refractivity contribution < 1.29 is 24.2 Å². The minimum atomic E-state index is -1.04. The number of nitrogens with zero attached hydrogens (tertiary/aromatic N) is 4. The van der Waals surface area contributed by atoms with Gasteiger partial charge < -0.3 is 10.1 Å². The summed E-state index contributed by atoms with van der Waals surface area (Å²) in [5.41, 5.74) is -2.14. The number of aryl methyl sites for hydroxylation is 1. The summed E-state index contributed by atoms with van der Waals surface area (Å²) in [6.45, 7) is 3.27. The highest BCUT2D eigenvalue weighted by molar-refractivity contribution is 6.08. The number of nitro groups is 2. The molecule has 174 valence electrons. The van der Waals surface area contributed by atoms with E-state index in [1.54, 1.807) is 38.1 Å². The second-order valence-electron chi connectivity index (χ2n) is 6.87. The first-order chi connectivity index (χ1) is 16.1. The van der Waals surface area contributed by atoms with Crippen LogP contribution in [0.5, 0.6) is 0 Å². The third kappa shape index (κ3) is 4.93. The smallest absolute Gasteiger partial charge is 0.360 e. The molecule has 3 rings (SSSR count). The van der Waals surface area contributed by atoms with Crippen LogP contribution in [-0.2, 0) is 4.74 Å². The third-order valence-electron chi connectivity index (χ3n) is 4.58. The monoisotopic (exact) mass is 467 g/mol. The Hall–Kier alpha value is -4.94. The zero-order valence-corrected chi connectivity index (χ0v) is 17.9. The van der Waals surface area contributed by atoms with Gasteiger partial charge in [0.15, 0.2) is 5.69 Å². The molecule has 0 bridgehead atoms. The number of para-hydroxylation sites is 1. The number of rotatable bonds is 7. The fourth-order valence-electron chi connectivity index (χ4n) is 3.01. The van der Waals surface area contributed by atoms with E-state index in [9.17, 15) is 34.6 Å². The van der Waals surface area contributed by atoms with Gasteiger partial charge in [-0.1, -0.05) is 18.2 Å². The van der Waals surface area contributed by atoms with Gasteiger partial charge in [0.1, 0.15) is 0 Å². The van der Waals surface area contributed by atoms with E-state index in [2.05, 4.69) is 10.4 Å². The SMILES string of the molecule is CCOC(=O)c1nn(-c2ccccc2C)c(=O)cc1NC(=O)c1cc([N+](=O)[O-])cc([N+](=O)[O-])c1. The van der Waals surface area contributed by atoms with Gasteiger partial charge in [-0.3, -0.25) is 29.8 Å². The summed E-state index contributed by atoms with van der Waals surface area (Å²) in [5.74, 6) is -1.97. The van der Waals surface area contributed by atoms with Gasteiger partial charge in [-0.2, -0.15) is 9.78 Å². The number of nitro benzene ring substituents is 2. The van der Waals surface area contributed by atoms with Crippen molar-refractivity contribution in [3.05, 3.63) is 95.9 Å². The summed E-state index contributed by atoms with van der Waals surface area (Å²) < 4.78 is 5.94. The lowest BCUT2D eigenvalue weighted by Crippen LogP contribution is -2.27. The number of hydrogen-bond donors (Lipinski definition) is 1. The quantitative estimate of drug-likeness (QED) is 0.311. The van der Waals surface area contributed by atoms with Crippen molar-refractivity contribution in [3.63, 3.8) is 0 Å². The summed E-state index contributed by atoms with van der Waals surface area (Å²) in [4.78, 5) is 58.5. The molecule has 0 atom stereocenters. The Bertz CT molecular complexity index is 1350. The summed E-state index contributed by atoms with van der Waals surface area (Å²) in [6, 6.07) is 10.1. The number of esters is 1. The minimum absolute atomic E-state index is 0.0194. The zero-order valence-electron chi connectivity index (χ0n) is 17.9. The number of carbonyl (C=O) groups excluding carboxylic acids is 2. The number of carbonyl (C=O) groups is 2. The Kier molecular flexibility index (Phi) is 6.76. The Morgan fingerprint density at radius 1 is 1.06 bits per heavy atom.